The summed E-state index contributed by atoms with van der Waals surface area (Å²) in [6.07, 6.45) is 0.588. The molecule has 0 spiro atoms. The molecule has 0 radical (unpaired) electrons. The molecule has 1 aliphatic carbocycles. The van der Waals surface area contributed by atoms with Crippen LogP contribution in [-0.4, -0.2) is 52.5 Å². The summed E-state index contributed by atoms with van der Waals surface area (Å²) in [4.78, 5) is 30.2. The lowest BCUT2D eigenvalue weighted by Crippen LogP contribution is -2.50. The number of rotatable bonds is 5. The van der Waals surface area contributed by atoms with Crippen molar-refractivity contribution in [3.8, 4) is 0 Å². The van der Waals surface area contributed by atoms with Crippen molar-refractivity contribution in [3.05, 3.63) is 70.4 Å². The molecule has 31 heavy (non-hydrogen) atoms. The number of aliphatic hydroxyl groups is 1. The highest BCUT2D eigenvalue weighted by molar-refractivity contribution is 6.31. The first-order chi connectivity index (χ1) is 14.4. The van der Waals surface area contributed by atoms with Crippen LogP contribution < -0.4 is 11.1 Å². The Morgan fingerprint density at radius 1 is 1.29 bits per heavy atom. The summed E-state index contributed by atoms with van der Waals surface area (Å²) in [6, 6.07) is 13.2. The first-order valence-corrected chi connectivity index (χ1v) is 10.1. The number of carbonyl (C=O) groups excluding carboxylic acids is 2. The van der Waals surface area contributed by atoms with Gasteiger partial charge in [0.25, 0.3) is 5.91 Å². The third-order valence-electron chi connectivity index (χ3n) is 5.62. The van der Waals surface area contributed by atoms with E-state index in [9.17, 15) is 14.7 Å². The molecule has 3 atom stereocenters. The van der Waals surface area contributed by atoms with Crippen molar-refractivity contribution in [2.45, 2.75) is 24.5 Å². The first kappa shape index (κ1) is 23.1. The van der Waals surface area contributed by atoms with Crippen molar-refractivity contribution in [1.29, 1.82) is 0 Å². The van der Waals surface area contributed by atoms with E-state index in [4.69, 9.17) is 17.3 Å². The zero-order valence-electron chi connectivity index (χ0n) is 16.8. The van der Waals surface area contributed by atoms with E-state index >= 15 is 0 Å². The predicted octanol–water partition coefficient (Wildman–Crippen LogP) is 2.42. The molecule has 4 rings (SSSR count). The average Bonchev–Trinajstić information content (AvgIpc) is 3.32. The SMILES string of the molecule is CN(C(=O)[C@@H](N)CO)[C@H]1c2ccccc2C[C@H]1NC(=O)c1cc2cc(Cl)ccc2[nH]1.Cl. The molecule has 3 aromatic rings. The standard InChI is InChI=1S/C22H23ClN4O3.ClH/c1-27(22(30)16(24)11-28)20-15-5-3-2-4-12(15)9-18(20)26-21(29)19-10-13-8-14(23)6-7-17(13)25-19;/h2-8,10,16,18,20,25,28H,9,11,24H2,1H3,(H,26,29);1H/t16-,18+,20-;/m0./s1. The van der Waals surface area contributed by atoms with E-state index in [1.807, 2.05) is 30.3 Å². The smallest absolute Gasteiger partial charge is 0.268 e. The second-order valence-electron chi connectivity index (χ2n) is 7.58. The molecule has 1 aromatic heterocycles. The number of amides is 2. The zero-order chi connectivity index (χ0) is 21.4. The first-order valence-electron chi connectivity index (χ1n) is 9.69. The van der Waals surface area contributed by atoms with Gasteiger partial charge < -0.3 is 26.0 Å². The topological polar surface area (TPSA) is 111 Å². The molecule has 0 unspecified atom stereocenters. The Morgan fingerprint density at radius 3 is 2.77 bits per heavy atom. The van der Waals surface area contributed by atoms with Gasteiger partial charge in [-0.1, -0.05) is 35.9 Å². The Bertz CT molecular complexity index is 1120. The quantitative estimate of drug-likeness (QED) is 0.466. The number of aromatic nitrogens is 1. The number of hydrogen-bond donors (Lipinski definition) is 4. The van der Waals surface area contributed by atoms with Crippen LogP contribution in [-0.2, 0) is 11.2 Å². The second kappa shape index (κ2) is 9.28. The molecule has 164 valence electrons. The van der Waals surface area contributed by atoms with Gasteiger partial charge in [-0.05, 0) is 41.8 Å². The minimum absolute atomic E-state index is 0. The number of nitrogens with one attached hydrogen (secondary N) is 2. The van der Waals surface area contributed by atoms with Gasteiger partial charge in [0.1, 0.15) is 11.7 Å². The van der Waals surface area contributed by atoms with Crippen LogP contribution in [0.15, 0.2) is 48.5 Å². The highest BCUT2D eigenvalue weighted by Gasteiger charge is 2.39. The molecular formula is C22H24Cl2N4O3. The van der Waals surface area contributed by atoms with Crippen LogP contribution >= 0.6 is 24.0 Å². The number of aliphatic hydroxyl groups excluding tert-OH is 1. The normalized spacial score (nSPS) is 18.2. The molecule has 5 N–H and O–H groups in total. The van der Waals surface area contributed by atoms with Gasteiger partial charge in [-0.2, -0.15) is 0 Å². The minimum atomic E-state index is -1.00. The molecule has 9 heteroatoms. The van der Waals surface area contributed by atoms with Gasteiger partial charge in [0, 0.05) is 23.0 Å². The Kier molecular flexibility index (Phi) is 6.91. The molecule has 0 aliphatic heterocycles. The molecule has 1 aliphatic rings. The van der Waals surface area contributed by atoms with E-state index in [1.54, 1.807) is 25.2 Å². The fourth-order valence-corrected chi connectivity index (χ4v) is 4.31. The van der Waals surface area contributed by atoms with E-state index in [2.05, 4.69) is 10.3 Å². The summed E-state index contributed by atoms with van der Waals surface area (Å²) in [7, 11) is 1.65. The van der Waals surface area contributed by atoms with Crippen LogP contribution in [0.5, 0.6) is 0 Å². The second-order valence-corrected chi connectivity index (χ2v) is 8.02. The fourth-order valence-electron chi connectivity index (χ4n) is 4.13. The van der Waals surface area contributed by atoms with Gasteiger partial charge >= 0.3 is 0 Å². The van der Waals surface area contributed by atoms with Crippen molar-refractivity contribution >= 4 is 46.7 Å². The number of likely N-dealkylation sites (N-methyl/N-ethyl adjacent to an activating group) is 1. The number of nitrogens with zero attached hydrogens (tertiary/aromatic N) is 1. The van der Waals surface area contributed by atoms with Gasteiger partial charge in [-0.3, -0.25) is 9.59 Å². The van der Waals surface area contributed by atoms with Crippen LogP contribution in [0.25, 0.3) is 10.9 Å². The molecule has 1 heterocycles. The van der Waals surface area contributed by atoms with Gasteiger partial charge in [0.15, 0.2) is 0 Å². The number of fused-ring (bicyclic) bond motifs is 2. The fraction of sp³-hybridized carbons (Fsp3) is 0.273. The lowest BCUT2D eigenvalue weighted by Gasteiger charge is -2.32. The average molecular weight is 463 g/mol. The molecular weight excluding hydrogens is 439 g/mol. The van der Waals surface area contributed by atoms with Crippen LogP contribution in [0.4, 0.5) is 0 Å². The van der Waals surface area contributed by atoms with E-state index in [0.717, 1.165) is 22.0 Å². The van der Waals surface area contributed by atoms with E-state index < -0.39 is 12.6 Å². The van der Waals surface area contributed by atoms with Crippen LogP contribution in [0.3, 0.4) is 0 Å². The van der Waals surface area contributed by atoms with Crippen LogP contribution in [0, 0.1) is 0 Å². The number of carbonyl (C=O) groups is 2. The van der Waals surface area contributed by atoms with E-state index in [1.165, 1.54) is 4.90 Å². The monoisotopic (exact) mass is 462 g/mol. The number of halogens is 2. The lowest BCUT2D eigenvalue weighted by atomic mass is 10.0. The molecule has 0 saturated heterocycles. The molecule has 0 saturated carbocycles. The number of benzene rings is 2. The van der Waals surface area contributed by atoms with E-state index in [-0.39, 0.29) is 36.3 Å². The zero-order valence-corrected chi connectivity index (χ0v) is 18.4. The Balaban J connectivity index is 0.00000272. The maximum absolute atomic E-state index is 13.0. The Hall–Kier alpha value is -2.58. The van der Waals surface area contributed by atoms with Gasteiger partial charge in [-0.25, -0.2) is 0 Å². The summed E-state index contributed by atoms with van der Waals surface area (Å²) in [5.74, 6) is -0.642. The summed E-state index contributed by atoms with van der Waals surface area (Å²) < 4.78 is 0. The Morgan fingerprint density at radius 2 is 2.03 bits per heavy atom. The largest absolute Gasteiger partial charge is 0.394 e. The predicted molar refractivity (Wildman–Crippen MR) is 123 cm³/mol. The molecule has 0 bridgehead atoms. The summed E-state index contributed by atoms with van der Waals surface area (Å²) >= 11 is 6.04. The van der Waals surface area contributed by atoms with Crippen molar-refractivity contribution < 1.29 is 14.7 Å². The molecule has 7 nitrogen and oxygen atoms in total. The summed E-state index contributed by atoms with van der Waals surface area (Å²) in [6.45, 7) is -0.438. The highest BCUT2D eigenvalue weighted by atomic mass is 35.5. The highest BCUT2D eigenvalue weighted by Crippen LogP contribution is 2.36. The number of H-pyrrole nitrogens is 1. The summed E-state index contributed by atoms with van der Waals surface area (Å²) in [5.41, 5.74) is 9.02. The summed E-state index contributed by atoms with van der Waals surface area (Å²) in [5, 5.41) is 13.8. The molecule has 2 aromatic carbocycles. The van der Waals surface area contributed by atoms with Gasteiger partial charge in [-0.15, -0.1) is 12.4 Å². The Labute approximate surface area is 191 Å². The number of hydrogen-bond acceptors (Lipinski definition) is 4. The molecule has 2 amide bonds. The maximum Gasteiger partial charge on any atom is 0.268 e. The lowest BCUT2D eigenvalue weighted by molar-refractivity contribution is -0.134. The molecule has 0 fully saturated rings. The van der Waals surface area contributed by atoms with Crippen molar-refractivity contribution in [2.75, 3.05) is 13.7 Å². The van der Waals surface area contributed by atoms with Crippen molar-refractivity contribution in [3.63, 3.8) is 0 Å². The number of nitrogens with two attached hydrogens (primary N) is 1. The van der Waals surface area contributed by atoms with Gasteiger partial charge in [0.2, 0.25) is 5.91 Å². The van der Waals surface area contributed by atoms with Crippen LogP contribution in [0.1, 0.15) is 27.7 Å². The van der Waals surface area contributed by atoms with Crippen molar-refractivity contribution in [2.24, 2.45) is 5.73 Å². The number of aromatic amines is 1. The van der Waals surface area contributed by atoms with Crippen LogP contribution in [0.2, 0.25) is 5.02 Å². The third-order valence-corrected chi connectivity index (χ3v) is 5.85. The maximum atomic E-state index is 13.0. The minimum Gasteiger partial charge on any atom is -0.394 e. The van der Waals surface area contributed by atoms with E-state index in [0.29, 0.717) is 17.1 Å². The van der Waals surface area contributed by atoms with Gasteiger partial charge in [0.05, 0.1) is 18.7 Å². The van der Waals surface area contributed by atoms with Crippen molar-refractivity contribution in [1.82, 2.24) is 15.2 Å². The third kappa shape index (κ3) is 4.41.